The molecule has 8 heteroatoms. The van der Waals surface area contributed by atoms with Crippen LogP contribution in [0.25, 0.3) is 0 Å². The Balaban J connectivity index is 2.41. The van der Waals surface area contributed by atoms with Gasteiger partial charge in [-0.2, -0.15) is 12.6 Å². The molecule has 3 amide bonds. The van der Waals surface area contributed by atoms with Gasteiger partial charge in [-0.1, -0.05) is 50.5 Å². The van der Waals surface area contributed by atoms with Gasteiger partial charge in [0.2, 0.25) is 11.8 Å². The van der Waals surface area contributed by atoms with E-state index in [9.17, 15) is 14.4 Å². The highest BCUT2D eigenvalue weighted by molar-refractivity contribution is 7.80. The Morgan fingerprint density at radius 3 is 2.37 bits per heavy atom. The van der Waals surface area contributed by atoms with Crippen LogP contribution in [0.15, 0.2) is 18.2 Å². The molecule has 4 atom stereocenters. The SMILES string of the molecule is CCCCCNC(=O)C(c1ccc(C)cc1C)N(C(=O)C(CS)NC(=O)OC(C)(C)C)C1CC1C. The summed E-state index contributed by atoms with van der Waals surface area (Å²) < 4.78 is 5.36. The Morgan fingerprint density at radius 1 is 1.20 bits per heavy atom. The molecule has 196 valence electrons. The predicted molar refractivity (Wildman–Crippen MR) is 143 cm³/mol. The highest BCUT2D eigenvalue weighted by Gasteiger charge is 2.48. The molecule has 0 bridgehead atoms. The van der Waals surface area contributed by atoms with Crippen molar-refractivity contribution in [3.63, 3.8) is 0 Å². The summed E-state index contributed by atoms with van der Waals surface area (Å²) >= 11 is 4.35. The minimum Gasteiger partial charge on any atom is -0.444 e. The summed E-state index contributed by atoms with van der Waals surface area (Å²) in [6.07, 6.45) is 3.09. The normalized spacial score (nSPS) is 18.9. The zero-order valence-electron chi connectivity index (χ0n) is 22.3. The van der Waals surface area contributed by atoms with Gasteiger partial charge in [-0.25, -0.2) is 4.79 Å². The van der Waals surface area contributed by atoms with Crippen molar-refractivity contribution in [2.45, 2.75) is 97.9 Å². The van der Waals surface area contributed by atoms with Crippen LogP contribution in [0, 0.1) is 19.8 Å². The van der Waals surface area contributed by atoms with Gasteiger partial charge in [-0.3, -0.25) is 9.59 Å². The van der Waals surface area contributed by atoms with E-state index in [0.29, 0.717) is 6.54 Å². The molecule has 0 radical (unpaired) electrons. The van der Waals surface area contributed by atoms with Crippen molar-refractivity contribution in [3.8, 4) is 0 Å². The molecule has 1 aliphatic rings. The largest absolute Gasteiger partial charge is 0.444 e. The smallest absolute Gasteiger partial charge is 0.408 e. The second kappa shape index (κ2) is 12.7. The monoisotopic (exact) mass is 505 g/mol. The topological polar surface area (TPSA) is 87.7 Å². The molecule has 1 aromatic carbocycles. The van der Waals surface area contributed by atoms with Gasteiger partial charge in [0.25, 0.3) is 0 Å². The van der Waals surface area contributed by atoms with Crippen molar-refractivity contribution in [2.75, 3.05) is 12.3 Å². The molecule has 4 unspecified atom stereocenters. The van der Waals surface area contributed by atoms with Crippen molar-refractivity contribution in [3.05, 3.63) is 34.9 Å². The molecule has 2 rings (SSSR count). The molecule has 1 fully saturated rings. The fourth-order valence-corrected chi connectivity index (χ4v) is 4.47. The Bertz CT molecular complexity index is 899. The molecule has 1 aliphatic carbocycles. The molecule has 0 spiro atoms. The highest BCUT2D eigenvalue weighted by Crippen LogP contribution is 2.41. The van der Waals surface area contributed by atoms with Crippen LogP contribution in [0.2, 0.25) is 0 Å². The number of nitrogens with zero attached hydrogens (tertiary/aromatic N) is 1. The van der Waals surface area contributed by atoms with E-state index in [2.05, 4.69) is 37.1 Å². The van der Waals surface area contributed by atoms with Crippen LogP contribution in [0.1, 0.15) is 83.0 Å². The number of amides is 3. The number of unbranched alkanes of at least 4 members (excludes halogenated alkanes) is 2. The summed E-state index contributed by atoms with van der Waals surface area (Å²) in [5, 5.41) is 5.72. The number of hydrogen-bond acceptors (Lipinski definition) is 5. The van der Waals surface area contributed by atoms with Gasteiger partial charge in [0.05, 0.1) is 0 Å². The van der Waals surface area contributed by atoms with Gasteiger partial charge < -0.3 is 20.3 Å². The second-order valence-electron chi connectivity index (χ2n) is 10.7. The number of alkyl carbamates (subject to hydrolysis) is 1. The first-order valence-corrected chi connectivity index (χ1v) is 13.3. The molecular weight excluding hydrogens is 462 g/mol. The van der Waals surface area contributed by atoms with Crippen molar-refractivity contribution < 1.29 is 19.1 Å². The quantitative estimate of drug-likeness (QED) is 0.300. The van der Waals surface area contributed by atoms with Crippen LogP contribution in [-0.4, -0.2) is 52.8 Å². The summed E-state index contributed by atoms with van der Waals surface area (Å²) in [5.74, 6) is -0.167. The molecule has 0 heterocycles. The first kappa shape index (κ1) is 29.0. The van der Waals surface area contributed by atoms with E-state index < -0.39 is 23.8 Å². The third-order valence-corrected chi connectivity index (χ3v) is 6.54. The van der Waals surface area contributed by atoms with E-state index in [1.165, 1.54) is 0 Å². The zero-order valence-corrected chi connectivity index (χ0v) is 23.2. The number of benzene rings is 1. The van der Waals surface area contributed by atoms with E-state index >= 15 is 0 Å². The molecule has 0 saturated heterocycles. The molecule has 0 aromatic heterocycles. The number of carbonyl (C=O) groups excluding carboxylic acids is 3. The Hall–Kier alpha value is -2.22. The third-order valence-electron chi connectivity index (χ3n) is 6.18. The van der Waals surface area contributed by atoms with Crippen LogP contribution in [0.4, 0.5) is 4.79 Å². The van der Waals surface area contributed by atoms with Gasteiger partial charge in [-0.15, -0.1) is 0 Å². The van der Waals surface area contributed by atoms with Crippen LogP contribution in [-0.2, 0) is 14.3 Å². The van der Waals surface area contributed by atoms with E-state index in [1.54, 1.807) is 25.7 Å². The molecule has 1 saturated carbocycles. The van der Waals surface area contributed by atoms with E-state index in [-0.39, 0.29) is 29.5 Å². The summed E-state index contributed by atoms with van der Waals surface area (Å²) in [6.45, 7) is 14.0. The van der Waals surface area contributed by atoms with Gasteiger partial charge in [0.1, 0.15) is 17.7 Å². The predicted octanol–water partition coefficient (Wildman–Crippen LogP) is 4.71. The lowest BCUT2D eigenvalue weighted by atomic mass is 9.96. The molecule has 1 aromatic rings. The van der Waals surface area contributed by atoms with Crippen LogP contribution in [0.3, 0.4) is 0 Å². The molecule has 0 aliphatic heterocycles. The minimum absolute atomic E-state index is 0.0857. The number of hydrogen-bond donors (Lipinski definition) is 3. The number of aryl methyl sites for hydroxylation is 2. The molecule has 2 N–H and O–H groups in total. The van der Waals surface area contributed by atoms with Crippen molar-refractivity contribution in [1.82, 2.24) is 15.5 Å². The van der Waals surface area contributed by atoms with Crippen molar-refractivity contribution in [2.24, 2.45) is 5.92 Å². The average molecular weight is 506 g/mol. The van der Waals surface area contributed by atoms with E-state index in [0.717, 1.165) is 42.4 Å². The lowest BCUT2D eigenvalue weighted by Crippen LogP contribution is -2.55. The molecular formula is C27H43N3O4S. The fraction of sp³-hybridized carbons (Fsp3) is 0.667. The summed E-state index contributed by atoms with van der Waals surface area (Å²) in [4.78, 5) is 41.6. The lowest BCUT2D eigenvalue weighted by molar-refractivity contribution is -0.143. The summed E-state index contributed by atoms with van der Waals surface area (Å²) in [5.41, 5.74) is 2.14. The lowest BCUT2D eigenvalue weighted by Gasteiger charge is -2.35. The number of carbonyl (C=O) groups is 3. The van der Waals surface area contributed by atoms with Crippen LogP contribution >= 0.6 is 12.6 Å². The van der Waals surface area contributed by atoms with Gasteiger partial charge in [0, 0.05) is 18.3 Å². The van der Waals surface area contributed by atoms with E-state index in [4.69, 9.17) is 4.74 Å². The van der Waals surface area contributed by atoms with Gasteiger partial charge >= 0.3 is 6.09 Å². The van der Waals surface area contributed by atoms with Crippen LogP contribution in [0.5, 0.6) is 0 Å². The van der Waals surface area contributed by atoms with Crippen LogP contribution < -0.4 is 10.6 Å². The highest BCUT2D eigenvalue weighted by atomic mass is 32.1. The molecule has 7 nitrogen and oxygen atoms in total. The minimum atomic E-state index is -0.915. The van der Waals surface area contributed by atoms with Crippen molar-refractivity contribution >= 4 is 30.5 Å². The second-order valence-corrected chi connectivity index (χ2v) is 11.0. The maximum absolute atomic E-state index is 13.9. The summed E-state index contributed by atoms with van der Waals surface area (Å²) in [7, 11) is 0. The first-order valence-electron chi connectivity index (χ1n) is 12.7. The first-order chi connectivity index (χ1) is 16.4. The Labute approximate surface area is 216 Å². The number of ether oxygens (including phenoxy) is 1. The van der Waals surface area contributed by atoms with Gasteiger partial charge in [-0.05, 0) is 64.5 Å². The fourth-order valence-electron chi connectivity index (χ4n) is 4.22. The van der Waals surface area contributed by atoms with E-state index in [1.807, 2.05) is 32.0 Å². The number of nitrogens with one attached hydrogen (secondary N) is 2. The maximum atomic E-state index is 13.9. The summed E-state index contributed by atoms with van der Waals surface area (Å²) in [6, 6.07) is 4.14. The van der Waals surface area contributed by atoms with Gasteiger partial charge in [0.15, 0.2) is 0 Å². The van der Waals surface area contributed by atoms with Crippen molar-refractivity contribution in [1.29, 1.82) is 0 Å². The maximum Gasteiger partial charge on any atom is 0.408 e. The Kier molecular flexibility index (Phi) is 10.5. The zero-order chi connectivity index (χ0) is 26.3. The standard InChI is InChI=1S/C27H43N3O4S/c1-8-9-10-13-28-24(31)23(20-12-11-17(2)14-18(20)3)30(22-15-19(22)4)25(32)21(16-35)29-26(33)34-27(5,6)7/h11-12,14,19,21-23,35H,8-10,13,15-16H2,1-7H3,(H,28,31)(H,29,33). The molecule has 35 heavy (non-hydrogen) atoms. The third kappa shape index (κ3) is 8.44. The number of rotatable bonds is 11. The number of thiol groups is 1. The average Bonchev–Trinajstić information content (AvgIpc) is 3.47. The Morgan fingerprint density at radius 2 is 1.86 bits per heavy atom.